The predicted molar refractivity (Wildman–Crippen MR) is 264 cm³/mol. The summed E-state index contributed by atoms with van der Waals surface area (Å²) >= 11 is 0. The maximum Gasteiger partial charge on any atom is 0.0714 e. The Morgan fingerprint density at radius 1 is 0.333 bits per heavy atom. The summed E-state index contributed by atoms with van der Waals surface area (Å²) in [5, 5.41) is 5.03. The van der Waals surface area contributed by atoms with E-state index in [1.54, 1.807) is 0 Å². The van der Waals surface area contributed by atoms with Crippen LogP contribution in [-0.4, -0.2) is 0 Å². The van der Waals surface area contributed by atoms with Gasteiger partial charge in [0.15, 0.2) is 0 Å². The molecule has 13 rings (SSSR count). The van der Waals surface area contributed by atoms with Gasteiger partial charge < -0.3 is 4.90 Å². The minimum absolute atomic E-state index is 0.0918. The third-order valence-electron chi connectivity index (χ3n) is 14.9. The molecule has 0 heterocycles. The van der Waals surface area contributed by atoms with Crippen LogP contribution in [0.3, 0.4) is 0 Å². The molecule has 1 fully saturated rings. The van der Waals surface area contributed by atoms with Crippen LogP contribution in [0.15, 0.2) is 224 Å². The smallest absolute Gasteiger partial charge is 0.0714 e. The second-order valence-electron chi connectivity index (χ2n) is 17.9. The summed E-state index contributed by atoms with van der Waals surface area (Å²) in [6, 6.07) is 84.4. The zero-order chi connectivity index (χ0) is 41.5. The first kappa shape index (κ1) is 36.2. The highest BCUT2D eigenvalue weighted by Crippen LogP contribution is 2.60. The van der Waals surface area contributed by atoms with Gasteiger partial charge in [-0.3, -0.25) is 0 Å². The molecule has 3 aliphatic rings. The fourth-order valence-electron chi connectivity index (χ4n) is 12.2. The van der Waals surface area contributed by atoms with Gasteiger partial charge in [0.05, 0.1) is 5.41 Å². The summed E-state index contributed by atoms with van der Waals surface area (Å²) < 4.78 is 0. The average Bonchev–Trinajstić information content (AvgIpc) is 4.05. The Kier molecular flexibility index (Phi) is 8.06. The van der Waals surface area contributed by atoms with Crippen molar-refractivity contribution in [3.63, 3.8) is 0 Å². The Morgan fingerprint density at radius 3 is 1.63 bits per heavy atom. The fourth-order valence-corrected chi connectivity index (χ4v) is 12.2. The van der Waals surface area contributed by atoms with Gasteiger partial charge >= 0.3 is 0 Å². The van der Waals surface area contributed by atoms with E-state index in [9.17, 15) is 0 Å². The van der Waals surface area contributed by atoms with Crippen LogP contribution in [0.2, 0.25) is 0 Å². The van der Waals surface area contributed by atoms with Crippen molar-refractivity contribution in [3.05, 3.63) is 258 Å². The van der Waals surface area contributed by atoms with E-state index < -0.39 is 5.41 Å². The van der Waals surface area contributed by atoms with Gasteiger partial charge in [-0.15, -0.1) is 0 Å². The lowest BCUT2D eigenvalue weighted by molar-refractivity contribution is 0.551. The molecular formula is C62H45N. The molecule has 0 unspecified atom stereocenters. The monoisotopic (exact) mass is 803 g/mol. The Bertz CT molecular complexity index is 3350. The van der Waals surface area contributed by atoms with E-state index in [0.29, 0.717) is 0 Å². The SMILES string of the molecule is c1ccc(C2(c3ccccc3)c3ccccc3-c3ccc(N(c4ccc(-c5cccc6c5C5(CCCC5)c5ccccc5-6)cc4)c4ccc5c(ccc6ccccc65)c4)cc32)cc1. The highest BCUT2D eigenvalue weighted by molar-refractivity contribution is 6.08. The van der Waals surface area contributed by atoms with Crippen molar-refractivity contribution in [1.82, 2.24) is 0 Å². The number of fused-ring (bicyclic) bond motifs is 11. The molecular weight excluding hydrogens is 759 g/mol. The van der Waals surface area contributed by atoms with Crippen molar-refractivity contribution in [1.29, 1.82) is 0 Å². The molecule has 0 aliphatic heterocycles. The molecule has 1 spiro atoms. The fraction of sp³-hybridized carbons (Fsp3) is 0.0968. The van der Waals surface area contributed by atoms with Gasteiger partial charge in [0.2, 0.25) is 0 Å². The molecule has 298 valence electrons. The molecule has 1 nitrogen and oxygen atoms in total. The van der Waals surface area contributed by atoms with Crippen LogP contribution in [0.25, 0.3) is 54.9 Å². The number of anilines is 3. The van der Waals surface area contributed by atoms with Gasteiger partial charge in [-0.2, -0.15) is 0 Å². The third kappa shape index (κ3) is 5.23. The van der Waals surface area contributed by atoms with Crippen molar-refractivity contribution in [3.8, 4) is 33.4 Å². The minimum atomic E-state index is -0.496. The zero-order valence-electron chi connectivity index (χ0n) is 35.1. The number of nitrogens with zero attached hydrogens (tertiary/aromatic N) is 1. The predicted octanol–water partition coefficient (Wildman–Crippen LogP) is 16.3. The summed E-state index contributed by atoms with van der Waals surface area (Å²) in [5.41, 5.74) is 19.3. The van der Waals surface area contributed by atoms with Gasteiger partial charge in [-0.05, 0) is 138 Å². The first-order chi connectivity index (χ1) is 31.2. The molecule has 0 aromatic heterocycles. The van der Waals surface area contributed by atoms with E-state index in [1.807, 2.05) is 0 Å². The molecule has 0 atom stereocenters. The van der Waals surface area contributed by atoms with Crippen molar-refractivity contribution in [2.24, 2.45) is 0 Å². The molecule has 0 saturated heterocycles. The second kappa shape index (κ2) is 14.0. The van der Waals surface area contributed by atoms with E-state index in [4.69, 9.17) is 0 Å². The lowest BCUT2D eigenvalue weighted by atomic mass is 9.67. The molecule has 0 amide bonds. The normalized spacial score (nSPS) is 15.0. The van der Waals surface area contributed by atoms with Gasteiger partial charge in [-0.1, -0.05) is 201 Å². The summed E-state index contributed by atoms with van der Waals surface area (Å²) in [4.78, 5) is 2.48. The average molecular weight is 804 g/mol. The van der Waals surface area contributed by atoms with E-state index >= 15 is 0 Å². The third-order valence-corrected chi connectivity index (χ3v) is 14.9. The number of hydrogen-bond acceptors (Lipinski definition) is 1. The molecule has 0 N–H and O–H groups in total. The van der Waals surface area contributed by atoms with Crippen molar-refractivity contribution < 1.29 is 0 Å². The minimum Gasteiger partial charge on any atom is -0.310 e. The number of benzene rings is 10. The maximum atomic E-state index is 2.49. The maximum absolute atomic E-state index is 2.49. The summed E-state index contributed by atoms with van der Waals surface area (Å²) in [5.74, 6) is 0. The summed E-state index contributed by atoms with van der Waals surface area (Å²) in [6.07, 6.45) is 4.98. The largest absolute Gasteiger partial charge is 0.310 e. The first-order valence-electron chi connectivity index (χ1n) is 22.6. The van der Waals surface area contributed by atoms with Gasteiger partial charge in [0.25, 0.3) is 0 Å². The molecule has 63 heavy (non-hydrogen) atoms. The van der Waals surface area contributed by atoms with Crippen LogP contribution in [0.4, 0.5) is 17.1 Å². The standard InChI is InChI=1S/C62H45N/c1-3-17-45(18-4-1)62(46-19-5-2-6-20-46)58-27-12-10-22-53(58)55-37-35-49(41-59(55)62)63(48-34-36-51-44(40-48)29-28-42-16-7-8-21-50(42)51)47-32-30-43(31-33-47)52-24-15-25-56-54-23-9-11-26-57(54)61(60(52)56)38-13-14-39-61/h1-12,15-37,40-41H,13-14,38-39H2. The van der Waals surface area contributed by atoms with Crippen LogP contribution in [0.1, 0.15) is 59.1 Å². The highest BCUT2D eigenvalue weighted by atomic mass is 15.1. The van der Waals surface area contributed by atoms with Crippen molar-refractivity contribution in [2.45, 2.75) is 36.5 Å². The van der Waals surface area contributed by atoms with Crippen LogP contribution in [-0.2, 0) is 10.8 Å². The van der Waals surface area contributed by atoms with Crippen molar-refractivity contribution in [2.75, 3.05) is 4.90 Å². The molecule has 10 aromatic rings. The molecule has 0 bridgehead atoms. The summed E-state index contributed by atoms with van der Waals surface area (Å²) in [7, 11) is 0. The second-order valence-corrected chi connectivity index (χ2v) is 17.9. The number of hydrogen-bond donors (Lipinski definition) is 0. The van der Waals surface area contributed by atoms with E-state index in [2.05, 4.69) is 229 Å². The van der Waals surface area contributed by atoms with E-state index in [1.165, 1.54) is 114 Å². The van der Waals surface area contributed by atoms with Crippen LogP contribution < -0.4 is 4.90 Å². The first-order valence-corrected chi connectivity index (χ1v) is 22.6. The van der Waals surface area contributed by atoms with E-state index in [0.717, 1.165) is 17.1 Å². The Morgan fingerprint density at radius 2 is 0.873 bits per heavy atom. The van der Waals surface area contributed by atoms with Crippen LogP contribution in [0, 0.1) is 0 Å². The summed E-state index contributed by atoms with van der Waals surface area (Å²) in [6.45, 7) is 0. The Hall–Kier alpha value is -7.48. The molecule has 1 heteroatoms. The van der Waals surface area contributed by atoms with Crippen LogP contribution in [0.5, 0.6) is 0 Å². The van der Waals surface area contributed by atoms with Gasteiger partial charge in [0.1, 0.15) is 0 Å². The quantitative estimate of drug-likeness (QED) is 0.151. The topological polar surface area (TPSA) is 3.24 Å². The van der Waals surface area contributed by atoms with E-state index in [-0.39, 0.29) is 5.41 Å². The number of rotatable bonds is 6. The lowest BCUT2D eigenvalue weighted by Crippen LogP contribution is -2.28. The zero-order valence-corrected chi connectivity index (χ0v) is 35.1. The van der Waals surface area contributed by atoms with Gasteiger partial charge in [-0.25, -0.2) is 0 Å². The lowest BCUT2D eigenvalue weighted by Gasteiger charge is -2.35. The Labute approximate surface area is 369 Å². The molecule has 3 aliphatic carbocycles. The van der Waals surface area contributed by atoms with Gasteiger partial charge in [0, 0.05) is 22.5 Å². The molecule has 10 aromatic carbocycles. The Balaban J connectivity index is 1.01. The van der Waals surface area contributed by atoms with Crippen LogP contribution >= 0.6 is 0 Å². The van der Waals surface area contributed by atoms with Crippen molar-refractivity contribution >= 4 is 38.6 Å². The molecule has 1 saturated carbocycles. The molecule has 0 radical (unpaired) electrons. The highest BCUT2D eigenvalue weighted by Gasteiger charge is 2.47.